The number of halogens is 5. The molecule has 1 unspecified atom stereocenters. The van der Waals surface area contributed by atoms with Crippen molar-refractivity contribution in [3.63, 3.8) is 0 Å². The Bertz CT molecular complexity index is 645. The average molecular weight is 320 g/mol. The van der Waals surface area contributed by atoms with E-state index in [4.69, 9.17) is 17.3 Å². The second-order valence-electron chi connectivity index (χ2n) is 4.26. The van der Waals surface area contributed by atoms with Gasteiger partial charge in [-0.2, -0.15) is 0 Å². The summed E-state index contributed by atoms with van der Waals surface area (Å²) in [6.45, 7) is 0. The lowest BCUT2D eigenvalue weighted by molar-refractivity contribution is -0.274. The van der Waals surface area contributed by atoms with Crippen molar-refractivity contribution in [1.29, 1.82) is 0 Å². The standard InChI is InChI=1S/C14H10ClF4NO/c15-9-4-5-12(16)11(7-9)13(20)8-2-1-3-10(6-8)21-14(17,18)19/h1-7,13H,20H2. The van der Waals surface area contributed by atoms with Gasteiger partial charge in [-0.3, -0.25) is 0 Å². The second-order valence-corrected chi connectivity index (χ2v) is 4.70. The van der Waals surface area contributed by atoms with Crippen LogP contribution in [0.5, 0.6) is 5.75 Å². The Morgan fingerprint density at radius 1 is 1.10 bits per heavy atom. The van der Waals surface area contributed by atoms with Crippen LogP contribution in [0, 0.1) is 5.82 Å². The summed E-state index contributed by atoms with van der Waals surface area (Å²) < 4.78 is 54.1. The minimum Gasteiger partial charge on any atom is -0.406 e. The fraction of sp³-hybridized carbons (Fsp3) is 0.143. The molecular weight excluding hydrogens is 310 g/mol. The van der Waals surface area contributed by atoms with E-state index in [9.17, 15) is 17.6 Å². The van der Waals surface area contributed by atoms with Crippen molar-refractivity contribution >= 4 is 11.6 Å². The highest BCUT2D eigenvalue weighted by Crippen LogP contribution is 2.29. The Hall–Kier alpha value is -1.79. The van der Waals surface area contributed by atoms with Gasteiger partial charge in [-0.1, -0.05) is 23.7 Å². The van der Waals surface area contributed by atoms with Crippen molar-refractivity contribution in [2.75, 3.05) is 0 Å². The lowest BCUT2D eigenvalue weighted by Gasteiger charge is -2.16. The van der Waals surface area contributed by atoms with Gasteiger partial charge in [-0.25, -0.2) is 4.39 Å². The molecule has 2 rings (SSSR count). The number of nitrogens with two attached hydrogens (primary N) is 1. The molecule has 0 amide bonds. The van der Waals surface area contributed by atoms with Crippen molar-refractivity contribution in [1.82, 2.24) is 0 Å². The molecule has 0 radical (unpaired) electrons. The van der Waals surface area contributed by atoms with Gasteiger partial charge >= 0.3 is 6.36 Å². The normalized spacial score (nSPS) is 13.0. The Morgan fingerprint density at radius 3 is 2.48 bits per heavy atom. The van der Waals surface area contributed by atoms with Crippen LogP contribution in [0.25, 0.3) is 0 Å². The number of hydrogen-bond donors (Lipinski definition) is 1. The molecule has 0 aliphatic heterocycles. The van der Waals surface area contributed by atoms with Gasteiger partial charge < -0.3 is 10.5 Å². The summed E-state index contributed by atoms with van der Waals surface area (Å²) in [7, 11) is 0. The maximum Gasteiger partial charge on any atom is 0.573 e. The molecule has 0 saturated heterocycles. The predicted octanol–water partition coefficient (Wildman–Crippen LogP) is 4.43. The van der Waals surface area contributed by atoms with Crippen molar-refractivity contribution in [3.05, 3.63) is 64.4 Å². The summed E-state index contributed by atoms with van der Waals surface area (Å²) in [6.07, 6.45) is -4.80. The van der Waals surface area contributed by atoms with Gasteiger partial charge in [0, 0.05) is 10.6 Å². The highest BCUT2D eigenvalue weighted by molar-refractivity contribution is 6.30. The minimum atomic E-state index is -4.80. The summed E-state index contributed by atoms with van der Waals surface area (Å²) in [6, 6.07) is 7.95. The first-order valence-electron chi connectivity index (χ1n) is 5.82. The van der Waals surface area contributed by atoms with E-state index in [2.05, 4.69) is 4.74 Å². The van der Waals surface area contributed by atoms with Crippen LogP contribution in [0.1, 0.15) is 17.2 Å². The zero-order valence-electron chi connectivity index (χ0n) is 10.5. The highest BCUT2D eigenvalue weighted by atomic mass is 35.5. The van der Waals surface area contributed by atoms with Crippen molar-refractivity contribution in [2.45, 2.75) is 12.4 Å². The number of alkyl halides is 3. The summed E-state index contributed by atoms with van der Waals surface area (Å²) >= 11 is 5.77. The molecule has 0 bridgehead atoms. The van der Waals surface area contributed by atoms with Crippen molar-refractivity contribution < 1.29 is 22.3 Å². The first kappa shape index (κ1) is 15.6. The molecule has 0 spiro atoms. The molecule has 21 heavy (non-hydrogen) atoms. The SMILES string of the molecule is NC(c1cccc(OC(F)(F)F)c1)c1cc(Cl)ccc1F. The molecule has 7 heteroatoms. The maximum atomic E-state index is 13.7. The molecular formula is C14H10ClF4NO. The minimum absolute atomic E-state index is 0.0895. The summed E-state index contributed by atoms with van der Waals surface area (Å²) in [5.41, 5.74) is 6.25. The van der Waals surface area contributed by atoms with Gasteiger partial charge in [-0.05, 0) is 35.9 Å². The second kappa shape index (κ2) is 5.91. The lowest BCUT2D eigenvalue weighted by Crippen LogP contribution is -2.18. The van der Waals surface area contributed by atoms with Gasteiger partial charge in [0.1, 0.15) is 11.6 Å². The average Bonchev–Trinajstić information content (AvgIpc) is 2.39. The van der Waals surface area contributed by atoms with Crippen molar-refractivity contribution in [2.24, 2.45) is 5.73 Å². The molecule has 2 N–H and O–H groups in total. The number of rotatable bonds is 3. The molecule has 0 aliphatic carbocycles. The largest absolute Gasteiger partial charge is 0.573 e. The van der Waals surface area contributed by atoms with Gasteiger partial charge in [-0.15, -0.1) is 13.2 Å². The van der Waals surface area contributed by atoms with Crippen LogP contribution in [0.3, 0.4) is 0 Å². The molecule has 0 aromatic heterocycles. The summed E-state index contributed by atoms with van der Waals surface area (Å²) in [4.78, 5) is 0. The predicted molar refractivity (Wildman–Crippen MR) is 70.6 cm³/mol. The number of benzene rings is 2. The molecule has 0 aliphatic rings. The molecule has 1 atom stereocenters. The van der Waals surface area contributed by atoms with E-state index in [-0.39, 0.29) is 16.1 Å². The number of hydrogen-bond acceptors (Lipinski definition) is 2. The quantitative estimate of drug-likeness (QED) is 0.850. The van der Waals surface area contributed by atoms with Gasteiger partial charge in [0.15, 0.2) is 0 Å². The molecule has 0 saturated carbocycles. The number of ether oxygens (including phenoxy) is 1. The van der Waals surface area contributed by atoms with Crippen LogP contribution in [-0.4, -0.2) is 6.36 Å². The van der Waals surface area contributed by atoms with Crippen LogP contribution < -0.4 is 10.5 Å². The fourth-order valence-corrected chi connectivity index (χ4v) is 2.02. The Balaban J connectivity index is 2.33. The van der Waals surface area contributed by atoms with E-state index in [1.165, 1.54) is 24.3 Å². The summed E-state index contributed by atoms with van der Waals surface area (Å²) in [5.74, 6) is -1.01. The molecule has 0 fully saturated rings. The van der Waals surface area contributed by atoms with E-state index >= 15 is 0 Å². The van der Waals surface area contributed by atoms with E-state index in [1.54, 1.807) is 0 Å². The zero-order chi connectivity index (χ0) is 15.6. The van der Waals surface area contributed by atoms with E-state index in [1.807, 2.05) is 0 Å². The third kappa shape index (κ3) is 4.09. The summed E-state index contributed by atoms with van der Waals surface area (Å²) in [5, 5.41) is 0.282. The monoisotopic (exact) mass is 319 g/mol. The Morgan fingerprint density at radius 2 is 1.81 bits per heavy atom. The molecule has 0 heterocycles. The lowest BCUT2D eigenvalue weighted by atomic mass is 9.99. The van der Waals surface area contributed by atoms with Crippen LogP contribution in [0.4, 0.5) is 17.6 Å². The third-order valence-electron chi connectivity index (χ3n) is 2.74. The van der Waals surface area contributed by atoms with Crippen LogP contribution in [-0.2, 0) is 0 Å². The van der Waals surface area contributed by atoms with Crippen LogP contribution in [0.15, 0.2) is 42.5 Å². The van der Waals surface area contributed by atoms with Crippen LogP contribution in [0.2, 0.25) is 5.02 Å². The van der Waals surface area contributed by atoms with E-state index in [0.29, 0.717) is 0 Å². The van der Waals surface area contributed by atoms with Crippen LogP contribution >= 0.6 is 11.6 Å². The zero-order valence-corrected chi connectivity index (χ0v) is 11.3. The van der Waals surface area contributed by atoms with Gasteiger partial charge in [0.05, 0.1) is 6.04 Å². The smallest absolute Gasteiger partial charge is 0.406 e. The molecule has 2 aromatic carbocycles. The Kier molecular flexibility index (Phi) is 4.39. The van der Waals surface area contributed by atoms with Gasteiger partial charge in [0.2, 0.25) is 0 Å². The van der Waals surface area contributed by atoms with Crippen molar-refractivity contribution in [3.8, 4) is 5.75 Å². The third-order valence-corrected chi connectivity index (χ3v) is 2.98. The van der Waals surface area contributed by atoms with E-state index in [0.717, 1.165) is 18.2 Å². The topological polar surface area (TPSA) is 35.2 Å². The highest BCUT2D eigenvalue weighted by Gasteiger charge is 2.31. The first-order valence-corrected chi connectivity index (χ1v) is 6.20. The maximum absolute atomic E-state index is 13.7. The van der Waals surface area contributed by atoms with E-state index < -0.39 is 24.0 Å². The Labute approximate surface area is 123 Å². The fourth-order valence-electron chi connectivity index (χ4n) is 1.84. The molecule has 112 valence electrons. The molecule has 2 nitrogen and oxygen atoms in total. The first-order chi connectivity index (χ1) is 9.76. The molecule has 2 aromatic rings. The van der Waals surface area contributed by atoms with Gasteiger partial charge in [0.25, 0.3) is 0 Å².